The second-order valence-corrected chi connectivity index (χ2v) is 5.81. The van der Waals surface area contributed by atoms with Crippen molar-refractivity contribution in [2.45, 2.75) is 29.4 Å². The quantitative estimate of drug-likeness (QED) is 0.936. The summed E-state index contributed by atoms with van der Waals surface area (Å²) < 4.78 is 1.98. The van der Waals surface area contributed by atoms with Gasteiger partial charge in [-0.3, -0.25) is 0 Å². The van der Waals surface area contributed by atoms with Gasteiger partial charge in [-0.2, -0.15) is 0 Å². The Hall–Kier alpha value is -0.970. The summed E-state index contributed by atoms with van der Waals surface area (Å²) in [6.07, 6.45) is 4.51. The maximum Gasteiger partial charge on any atom is 0.172 e. The Kier molecular flexibility index (Phi) is 4.32. The lowest BCUT2D eigenvalue weighted by Crippen LogP contribution is -2.17. The van der Waals surface area contributed by atoms with E-state index in [9.17, 15) is 0 Å². The van der Waals surface area contributed by atoms with Crippen molar-refractivity contribution in [3.63, 3.8) is 0 Å². The van der Waals surface area contributed by atoms with Crippen molar-refractivity contribution < 1.29 is 0 Å². The van der Waals surface area contributed by atoms with Crippen molar-refractivity contribution in [1.29, 1.82) is 0 Å². The number of rotatable bonds is 4. The van der Waals surface area contributed by atoms with Gasteiger partial charge in [0.05, 0.1) is 0 Å². The highest BCUT2D eigenvalue weighted by atomic mass is 35.5. The molecular weight excluding hydrogens is 266 g/mol. The largest absolute Gasteiger partial charge is 0.329 e. The molecule has 5 heteroatoms. The van der Waals surface area contributed by atoms with Crippen LogP contribution in [0.2, 0.25) is 5.02 Å². The van der Waals surface area contributed by atoms with Gasteiger partial charge < -0.3 is 10.3 Å². The molecule has 2 rings (SSSR count). The average molecular weight is 282 g/mol. The van der Waals surface area contributed by atoms with Crippen LogP contribution in [0, 0.1) is 0 Å². The van der Waals surface area contributed by atoms with E-state index in [1.807, 2.05) is 36.9 Å². The highest BCUT2D eigenvalue weighted by Gasteiger charge is 2.07. The van der Waals surface area contributed by atoms with Crippen molar-refractivity contribution in [3.8, 4) is 0 Å². The molecular formula is C13H16ClN3S. The number of hydrogen-bond donors (Lipinski definition) is 1. The molecule has 2 aromatic rings. The molecule has 0 saturated heterocycles. The first kappa shape index (κ1) is 13.5. The van der Waals surface area contributed by atoms with Crippen molar-refractivity contribution >= 4 is 23.4 Å². The minimum atomic E-state index is 0.121. The molecule has 2 N–H and O–H groups in total. The van der Waals surface area contributed by atoms with Crippen LogP contribution >= 0.6 is 23.4 Å². The van der Waals surface area contributed by atoms with Crippen LogP contribution in [0.25, 0.3) is 0 Å². The van der Waals surface area contributed by atoms with Gasteiger partial charge in [0.25, 0.3) is 0 Å². The minimum Gasteiger partial charge on any atom is -0.329 e. The summed E-state index contributed by atoms with van der Waals surface area (Å²) >= 11 is 7.86. The number of aromatic nitrogens is 2. The Morgan fingerprint density at radius 3 is 2.83 bits per heavy atom. The van der Waals surface area contributed by atoms with Crippen LogP contribution in [-0.2, 0) is 13.5 Å². The van der Waals surface area contributed by atoms with Gasteiger partial charge in [0, 0.05) is 35.4 Å². The summed E-state index contributed by atoms with van der Waals surface area (Å²) in [5.41, 5.74) is 6.88. The van der Waals surface area contributed by atoms with Crippen LogP contribution in [-0.4, -0.2) is 15.6 Å². The Bertz CT molecular complexity index is 537. The summed E-state index contributed by atoms with van der Waals surface area (Å²) in [6.45, 7) is 1.98. The van der Waals surface area contributed by atoms with Crippen LogP contribution in [0.1, 0.15) is 12.5 Å². The fourth-order valence-electron chi connectivity index (χ4n) is 1.66. The normalized spacial score (nSPS) is 12.7. The standard InChI is InChI=1S/C13H16ClN3S/c1-9(15)7-10-3-4-11(8-12(10)14)18-13-16-5-6-17(13)2/h3-6,8-9H,7,15H2,1-2H3. The molecule has 0 aliphatic rings. The maximum absolute atomic E-state index is 6.26. The molecule has 0 aliphatic heterocycles. The number of imidazole rings is 1. The van der Waals surface area contributed by atoms with Crippen molar-refractivity contribution in [2.24, 2.45) is 12.8 Å². The van der Waals surface area contributed by atoms with Crippen LogP contribution in [0.3, 0.4) is 0 Å². The van der Waals surface area contributed by atoms with Gasteiger partial charge in [-0.05, 0) is 31.0 Å². The zero-order chi connectivity index (χ0) is 13.1. The molecule has 1 heterocycles. The second kappa shape index (κ2) is 5.78. The van der Waals surface area contributed by atoms with E-state index in [0.29, 0.717) is 0 Å². The number of benzene rings is 1. The van der Waals surface area contributed by atoms with E-state index in [0.717, 1.165) is 27.1 Å². The lowest BCUT2D eigenvalue weighted by atomic mass is 10.1. The SMILES string of the molecule is CC(N)Cc1ccc(Sc2nccn2C)cc1Cl. The minimum absolute atomic E-state index is 0.121. The van der Waals surface area contributed by atoms with Crippen LogP contribution in [0.4, 0.5) is 0 Å². The smallest absolute Gasteiger partial charge is 0.172 e. The zero-order valence-electron chi connectivity index (χ0n) is 10.4. The second-order valence-electron chi connectivity index (χ2n) is 4.36. The molecule has 3 nitrogen and oxygen atoms in total. The van der Waals surface area contributed by atoms with E-state index in [2.05, 4.69) is 11.1 Å². The lowest BCUT2D eigenvalue weighted by molar-refractivity contribution is 0.738. The third-order valence-electron chi connectivity index (χ3n) is 2.55. The monoisotopic (exact) mass is 281 g/mol. The molecule has 18 heavy (non-hydrogen) atoms. The number of aryl methyl sites for hydroxylation is 1. The van der Waals surface area contributed by atoms with Crippen molar-refractivity contribution in [1.82, 2.24) is 9.55 Å². The highest BCUT2D eigenvalue weighted by Crippen LogP contribution is 2.29. The maximum atomic E-state index is 6.26. The molecule has 1 atom stereocenters. The molecule has 0 radical (unpaired) electrons. The zero-order valence-corrected chi connectivity index (χ0v) is 12.0. The van der Waals surface area contributed by atoms with E-state index in [-0.39, 0.29) is 6.04 Å². The van der Waals surface area contributed by atoms with Crippen molar-refractivity contribution in [3.05, 3.63) is 41.2 Å². The van der Waals surface area contributed by atoms with Gasteiger partial charge in [0.2, 0.25) is 0 Å². The molecule has 96 valence electrons. The summed E-state index contributed by atoms with van der Waals surface area (Å²) in [5.74, 6) is 0. The molecule has 0 spiro atoms. The molecule has 0 fully saturated rings. The predicted molar refractivity (Wildman–Crippen MR) is 76.1 cm³/mol. The van der Waals surface area contributed by atoms with Crippen LogP contribution in [0.5, 0.6) is 0 Å². The Labute approximate surface area is 116 Å². The predicted octanol–water partition coefficient (Wildman–Crippen LogP) is 3.11. The van der Waals surface area contributed by atoms with E-state index in [4.69, 9.17) is 17.3 Å². The molecule has 1 aromatic carbocycles. The van der Waals surface area contributed by atoms with Gasteiger partial charge in [-0.25, -0.2) is 4.98 Å². The van der Waals surface area contributed by atoms with E-state index < -0.39 is 0 Å². The van der Waals surface area contributed by atoms with E-state index in [1.165, 1.54) is 0 Å². The van der Waals surface area contributed by atoms with Crippen LogP contribution in [0.15, 0.2) is 40.6 Å². The van der Waals surface area contributed by atoms with Crippen molar-refractivity contribution in [2.75, 3.05) is 0 Å². The number of halogens is 1. The first-order valence-corrected chi connectivity index (χ1v) is 6.95. The van der Waals surface area contributed by atoms with Gasteiger partial charge in [-0.1, -0.05) is 29.4 Å². The fourth-order valence-corrected chi connectivity index (χ4v) is 2.82. The Morgan fingerprint density at radius 1 is 1.50 bits per heavy atom. The lowest BCUT2D eigenvalue weighted by Gasteiger charge is -2.09. The molecule has 0 bridgehead atoms. The molecule has 0 aliphatic carbocycles. The first-order valence-electron chi connectivity index (χ1n) is 5.75. The molecule has 0 amide bonds. The Morgan fingerprint density at radius 2 is 2.28 bits per heavy atom. The van der Waals surface area contributed by atoms with E-state index >= 15 is 0 Å². The third-order valence-corrected chi connectivity index (χ3v) is 3.97. The molecule has 1 unspecified atom stereocenters. The topological polar surface area (TPSA) is 43.8 Å². The summed E-state index contributed by atoms with van der Waals surface area (Å²) in [5, 5.41) is 1.72. The van der Waals surface area contributed by atoms with Gasteiger partial charge in [-0.15, -0.1) is 0 Å². The molecule has 0 saturated carbocycles. The Balaban J connectivity index is 2.16. The number of nitrogens with zero attached hydrogens (tertiary/aromatic N) is 2. The fraction of sp³-hybridized carbons (Fsp3) is 0.308. The number of hydrogen-bond acceptors (Lipinski definition) is 3. The first-order chi connectivity index (χ1) is 8.56. The molecule has 1 aromatic heterocycles. The van der Waals surface area contributed by atoms with Gasteiger partial charge >= 0.3 is 0 Å². The van der Waals surface area contributed by atoms with E-state index in [1.54, 1.807) is 18.0 Å². The summed E-state index contributed by atoms with van der Waals surface area (Å²) in [4.78, 5) is 5.36. The van der Waals surface area contributed by atoms with Gasteiger partial charge in [0.1, 0.15) is 0 Å². The third kappa shape index (κ3) is 3.28. The summed E-state index contributed by atoms with van der Waals surface area (Å²) in [7, 11) is 1.97. The van der Waals surface area contributed by atoms with Crippen LogP contribution < -0.4 is 5.73 Å². The summed E-state index contributed by atoms with van der Waals surface area (Å²) in [6, 6.07) is 6.19. The van der Waals surface area contributed by atoms with Gasteiger partial charge in [0.15, 0.2) is 5.16 Å². The number of nitrogens with two attached hydrogens (primary N) is 1. The average Bonchev–Trinajstić information content (AvgIpc) is 2.68. The highest BCUT2D eigenvalue weighted by molar-refractivity contribution is 7.99.